The van der Waals surface area contributed by atoms with E-state index < -0.39 is 0 Å². The predicted octanol–water partition coefficient (Wildman–Crippen LogP) is 2.98. The zero-order chi connectivity index (χ0) is 15.5. The van der Waals surface area contributed by atoms with Crippen LogP contribution in [0.5, 0.6) is 0 Å². The van der Waals surface area contributed by atoms with Crippen LogP contribution in [0.3, 0.4) is 0 Å². The maximum Gasteiger partial charge on any atom is 0.226 e. The Hall–Kier alpha value is -2.26. The fourth-order valence-electron chi connectivity index (χ4n) is 2.82. The second-order valence-electron chi connectivity index (χ2n) is 5.45. The molecule has 1 aliphatic heterocycles. The van der Waals surface area contributed by atoms with E-state index in [1.165, 1.54) is 6.07 Å². The summed E-state index contributed by atoms with van der Waals surface area (Å²) < 4.78 is 19.2. The molecule has 0 bridgehead atoms. The Morgan fingerprint density at radius 3 is 3.05 bits per heavy atom. The second kappa shape index (κ2) is 6.24. The number of nitrogens with zero attached hydrogens (tertiary/aromatic N) is 4. The second-order valence-corrected chi connectivity index (χ2v) is 5.45. The molecule has 0 amide bonds. The van der Waals surface area contributed by atoms with E-state index in [4.69, 9.17) is 9.78 Å². The molecule has 6 heteroatoms. The van der Waals surface area contributed by atoms with Gasteiger partial charge in [-0.05, 0) is 31.5 Å². The summed E-state index contributed by atoms with van der Waals surface area (Å²) in [5.41, 5.74) is 0.926. The van der Waals surface area contributed by atoms with Crippen LogP contribution < -0.4 is 0 Å². The number of hydrogen-bond acceptors (Lipinski definition) is 5. The van der Waals surface area contributed by atoms with E-state index in [9.17, 15) is 4.39 Å². The number of rotatable bonds is 4. The lowest BCUT2D eigenvalue weighted by Crippen LogP contribution is -2.24. The summed E-state index contributed by atoms with van der Waals surface area (Å²) in [5, 5.41) is 12.8. The summed E-state index contributed by atoms with van der Waals surface area (Å²) in [6.07, 6.45) is 2.68. The SMILES string of the molecule is CCc1nc([C@@H]2CCCN2Cc2ccc(C#N)cc2F)no1. The summed E-state index contributed by atoms with van der Waals surface area (Å²) in [4.78, 5) is 6.56. The Balaban J connectivity index is 1.78. The fourth-order valence-corrected chi connectivity index (χ4v) is 2.82. The molecule has 5 nitrogen and oxygen atoms in total. The fraction of sp³-hybridized carbons (Fsp3) is 0.438. The first-order valence-corrected chi connectivity index (χ1v) is 7.46. The number of likely N-dealkylation sites (tertiary alicyclic amines) is 1. The van der Waals surface area contributed by atoms with E-state index >= 15 is 0 Å². The van der Waals surface area contributed by atoms with E-state index in [0.29, 0.717) is 35.8 Å². The Morgan fingerprint density at radius 1 is 1.50 bits per heavy atom. The third-order valence-electron chi connectivity index (χ3n) is 4.00. The van der Waals surface area contributed by atoms with Crippen molar-refractivity contribution in [2.24, 2.45) is 0 Å². The zero-order valence-corrected chi connectivity index (χ0v) is 12.4. The third-order valence-corrected chi connectivity index (χ3v) is 4.00. The van der Waals surface area contributed by atoms with Crippen LogP contribution in [-0.2, 0) is 13.0 Å². The van der Waals surface area contributed by atoms with E-state index in [1.54, 1.807) is 12.1 Å². The monoisotopic (exact) mass is 300 g/mol. The lowest BCUT2D eigenvalue weighted by atomic mass is 10.1. The first-order chi connectivity index (χ1) is 10.7. The maximum absolute atomic E-state index is 14.1. The van der Waals surface area contributed by atoms with Gasteiger partial charge in [-0.1, -0.05) is 18.1 Å². The van der Waals surface area contributed by atoms with Crippen molar-refractivity contribution in [3.63, 3.8) is 0 Å². The van der Waals surface area contributed by atoms with Gasteiger partial charge in [0.05, 0.1) is 17.7 Å². The van der Waals surface area contributed by atoms with Crippen LogP contribution in [0.25, 0.3) is 0 Å². The van der Waals surface area contributed by atoms with Crippen LogP contribution >= 0.6 is 0 Å². The molecule has 0 saturated carbocycles. The Labute approximate surface area is 128 Å². The highest BCUT2D eigenvalue weighted by molar-refractivity contribution is 5.33. The van der Waals surface area contributed by atoms with Crippen LogP contribution in [0, 0.1) is 17.1 Å². The predicted molar refractivity (Wildman–Crippen MR) is 77.2 cm³/mol. The van der Waals surface area contributed by atoms with Gasteiger partial charge < -0.3 is 4.52 Å². The van der Waals surface area contributed by atoms with Gasteiger partial charge in [-0.2, -0.15) is 10.2 Å². The van der Waals surface area contributed by atoms with E-state index in [1.807, 2.05) is 13.0 Å². The number of halogens is 1. The Kier molecular flexibility index (Phi) is 4.16. The van der Waals surface area contributed by atoms with E-state index in [0.717, 1.165) is 19.4 Å². The van der Waals surface area contributed by atoms with Crippen molar-refractivity contribution in [1.82, 2.24) is 15.0 Å². The van der Waals surface area contributed by atoms with Crippen molar-refractivity contribution in [1.29, 1.82) is 5.26 Å². The molecule has 1 fully saturated rings. The zero-order valence-electron chi connectivity index (χ0n) is 12.4. The normalized spacial score (nSPS) is 18.5. The van der Waals surface area contributed by atoms with Crippen LogP contribution in [0.4, 0.5) is 4.39 Å². The van der Waals surface area contributed by atoms with Crippen molar-refractivity contribution in [3.8, 4) is 6.07 Å². The van der Waals surface area contributed by atoms with Crippen LogP contribution in [0.2, 0.25) is 0 Å². The van der Waals surface area contributed by atoms with Crippen molar-refractivity contribution >= 4 is 0 Å². The van der Waals surface area contributed by atoms with Crippen molar-refractivity contribution in [2.75, 3.05) is 6.54 Å². The lowest BCUT2D eigenvalue weighted by Gasteiger charge is -2.22. The highest BCUT2D eigenvalue weighted by Gasteiger charge is 2.30. The molecule has 2 aromatic rings. The topological polar surface area (TPSA) is 66.0 Å². The first-order valence-electron chi connectivity index (χ1n) is 7.46. The molecule has 3 rings (SSSR count). The molecular weight excluding hydrogens is 283 g/mol. The third kappa shape index (κ3) is 2.85. The van der Waals surface area contributed by atoms with Gasteiger partial charge in [0.1, 0.15) is 5.82 Å². The summed E-state index contributed by atoms with van der Waals surface area (Å²) in [5.74, 6) is 0.974. The van der Waals surface area contributed by atoms with Gasteiger partial charge in [-0.15, -0.1) is 0 Å². The summed E-state index contributed by atoms with van der Waals surface area (Å²) in [6, 6.07) is 6.62. The number of aromatic nitrogens is 2. The van der Waals surface area contributed by atoms with Gasteiger partial charge in [0, 0.05) is 18.5 Å². The Morgan fingerprint density at radius 2 is 2.36 bits per heavy atom. The molecule has 1 aliphatic rings. The maximum atomic E-state index is 14.1. The van der Waals surface area contributed by atoms with Crippen LogP contribution in [0.15, 0.2) is 22.7 Å². The van der Waals surface area contributed by atoms with Crippen molar-refractivity contribution in [3.05, 3.63) is 46.9 Å². The van der Waals surface area contributed by atoms with Gasteiger partial charge in [-0.25, -0.2) is 4.39 Å². The number of nitriles is 1. The molecule has 1 aromatic carbocycles. The van der Waals surface area contributed by atoms with E-state index in [2.05, 4.69) is 15.0 Å². The molecule has 1 atom stereocenters. The van der Waals surface area contributed by atoms with Crippen molar-refractivity contribution < 1.29 is 8.91 Å². The molecule has 0 aliphatic carbocycles. The summed E-state index contributed by atoms with van der Waals surface area (Å²) >= 11 is 0. The highest BCUT2D eigenvalue weighted by Crippen LogP contribution is 2.32. The lowest BCUT2D eigenvalue weighted by molar-refractivity contribution is 0.231. The molecule has 0 N–H and O–H groups in total. The molecule has 22 heavy (non-hydrogen) atoms. The molecule has 0 radical (unpaired) electrons. The smallest absolute Gasteiger partial charge is 0.226 e. The van der Waals surface area contributed by atoms with Gasteiger partial charge >= 0.3 is 0 Å². The Bertz CT molecular complexity index is 706. The average Bonchev–Trinajstić information content (AvgIpc) is 3.17. The molecule has 0 unspecified atom stereocenters. The molecule has 0 spiro atoms. The molecule has 1 saturated heterocycles. The van der Waals surface area contributed by atoms with Crippen LogP contribution in [0.1, 0.15) is 48.6 Å². The summed E-state index contributed by atoms with van der Waals surface area (Å²) in [7, 11) is 0. The van der Waals surface area contributed by atoms with Gasteiger partial charge in [0.2, 0.25) is 5.89 Å². The first kappa shape index (κ1) is 14.7. The molecular formula is C16H17FN4O. The van der Waals surface area contributed by atoms with Crippen molar-refractivity contribution in [2.45, 2.75) is 38.8 Å². The quantitative estimate of drug-likeness (QED) is 0.868. The minimum atomic E-state index is -0.341. The molecule has 1 aromatic heterocycles. The number of benzene rings is 1. The van der Waals surface area contributed by atoms with Crippen LogP contribution in [-0.4, -0.2) is 21.6 Å². The highest BCUT2D eigenvalue weighted by atomic mass is 19.1. The summed E-state index contributed by atoms with van der Waals surface area (Å²) in [6.45, 7) is 3.33. The average molecular weight is 300 g/mol. The van der Waals surface area contributed by atoms with Gasteiger partial charge in [0.25, 0.3) is 0 Å². The minimum Gasteiger partial charge on any atom is -0.339 e. The van der Waals surface area contributed by atoms with E-state index in [-0.39, 0.29) is 11.9 Å². The molecule has 2 heterocycles. The minimum absolute atomic E-state index is 0.0686. The molecule has 114 valence electrons. The standard InChI is InChI=1S/C16H17FN4O/c1-2-15-19-16(20-22-15)14-4-3-7-21(14)10-12-6-5-11(9-18)8-13(12)17/h5-6,8,14H,2-4,7,10H2,1H3/t14-/m0/s1. The largest absolute Gasteiger partial charge is 0.339 e. The number of hydrogen-bond donors (Lipinski definition) is 0. The number of aryl methyl sites for hydroxylation is 1. The van der Waals surface area contributed by atoms with Gasteiger partial charge in [-0.3, -0.25) is 4.90 Å². The van der Waals surface area contributed by atoms with Gasteiger partial charge in [0.15, 0.2) is 5.82 Å².